The molecule has 2 rings (SSSR count). The number of aromatic nitrogens is 3. The van der Waals surface area contributed by atoms with E-state index in [9.17, 15) is 9.59 Å². The van der Waals surface area contributed by atoms with E-state index in [1.807, 2.05) is 0 Å². The van der Waals surface area contributed by atoms with Gasteiger partial charge in [-0.15, -0.1) is 5.10 Å². The predicted molar refractivity (Wildman–Crippen MR) is 76.3 cm³/mol. The highest BCUT2D eigenvalue weighted by molar-refractivity contribution is 5.94. The Morgan fingerprint density at radius 2 is 2.19 bits per heavy atom. The van der Waals surface area contributed by atoms with Crippen molar-refractivity contribution in [2.24, 2.45) is 5.92 Å². The second-order valence-electron chi connectivity index (χ2n) is 5.73. The van der Waals surface area contributed by atoms with Crippen LogP contribution in [0.1, 0.15) is 32.4 Å². The molecule has 1 aromatic heterocycles. The quantitative estimate of drug-likeness (QED) is 0.658. The van der Waals surface area contributed by atoms with Gasteiger partial charge in [-0.05, 0) is 25.3 Å². The third-order valence-corrected chi connectivity index (χ3v) is 2.92. The maximum Gasteiger partial charge on any atom is 0.321 e. The molecule has 0 aliphatic heterocycles. The Morgan fingerprint density at radius 1 is 1.43 bits per heavy atom. The minimum Gasteiger partial charge on any atom is -0.335 e. The summed E-state index contributed by atoms with van der Waals surface area (Å²) in [5, 5.41) is 16.1. The standard InChI is InChI=1S/C13H22N6O2/c1-9(2)5-14-6-11-7-19(18-17-11)8-12(20)16-13(21)15-10-3-4-10/h7,9-10,14H,3-6,8H2,1-2H3,(H2,15,16,20,21). The Morgan fingerprint density at radius 3 is 2.86 bits per heavy atom. The second kappa shape index (κ2) is 7.16. The summed E-state index contributed by atoms with van der Waals surface area (Å²) < 4.78 is 1.42. The zero-order valence-corrected chi connectivity index (χ0v) is 12.4. The van der Waals surface area contributed by atoms with E-state index in [0.29, 0.717) is 12.5 Å². The monoisotopic (exact) mass is 294 g/mol. The fraction of sp³-hybridized carbons (Fsp3) is 0.692. The van der Waals surface area contributed by atoms with Crippen LogP contribution < -0.4 is 16.0 Å². The van der Waals surface area contributed by atoms with Gasteiger partial charge in [-0.3, -0.25) is 10.1 Å². The molecule has 0 unspecified atom stereocenters. The van der Waals surface area contributed by atoms with E-state index in [1.165, 1.54) is 4.68 Å². The van der Waals surface area contributed by atoms with Crippen molar-refractivity contribution in [3.05, 3.63) is 11.9 Å². The zero-order valence-electron chi connectivity index (χ0n) is 12.4. The van der Waals surface area contributed by atoms with Crippen LogP contribution in [-0.4, -0.2) is 39.5 Å². The molecule has 116 valence electrons. The number of nitrogens with one attached hydrogen (secondary N) is 3. The van der Waals surface area contributed by atoms with Crippen molar-refractivity contribution in [2.45, 2.75) is 45.8 Å². The molecule has 1 aromatic rings. The molecule has 1 saturated carbocycles. The fourth-order valence-electron chi connectivity index (χ4n) is 1.75. The molecule has 1 aliphatic carbocycles. The van der Waals surface area contributed by atoms with Gasteiger partial charge in [0.15, 0.2) is 0 Å². The molecule has 0 atom stereocenters. The lowest BCUT2D eigenvalue weighted by molar-refractivity contribution is -0.120. The highest BCUT2D eigenvalue weighted by Crippen LogP contribution is 2.18. The van der Waals surface area contributed by atoms with Gasteiger partial charge >= 0.3 is 6.03 Å². The Kier molecular flexibility index (Phi) is 5.26. The molecular weight excluding hydrogens is 272 g/mol. The number of carbonyl (C=O) groups is 2. The molecule has 0 radical (unpaired) electrons. The van der Waals surface area contributed by atoms with Gasteiger partial charge in [0.1, 0.15) is 6.54 Å². The second-order valence-corrected chi connectivity index (χ2v) is 5.73. The average Bonchev–Trinajstić information content (AvgIpc) is 3.08. The first-order valence-corrected chi connectivity index (χ1v) is 7.23. The van der Waals surface area contributed by atoms with Gasteiger partial charge in [-0.2, -0.15) is 0 Å². The van der Waals surface area contributed by atoms with E-state index in [2.05, 4.69) is 40.1 Å². The number of urea groups is 1. The smallest absolute Gasteiger partial charge is 0.321 e. The Balaban J connectivity index is 1.70. The van der Waals surface area contributed by atoms with Gasteiger partial charge in [-0.1, -0.05) is 19.1 Å². The Bertz CT molecular complexity index is 495. The third-order valence-electron chi connectivity index (χ3n) is 2.92. The maximum atomic E-state index is 11.7. The first kappa shape index (κ1) is 15.4. The van der Waals surface area contributed by atoms with Crippen molar-refractivity contribution >= 4 is 11.9 Å². The molecule has 0 bridgehead atoms. The molecule has 0 saturated heterocycles. The summed E-state index contributed by atoms with van der Waals surface area (Å²) in [7, 11) is 0. The molecule has 8 nitrogen and oxygen atoms in total. The van der Waals surface area contributed by atoms with Crippen LogP contribution in [0.3, 0.4) is 0 Å². The normalized spacial score (nSPS) is 14.2. The number of carbonyl (C=O) groups excluding carboxylic acids is 2. The van der Waals surface area contributed by atoms with Gasteiger partial charge in [-0.25, -0.2) is 9.48 Å². The van der Waals surface area contributed by atoms with Crippen LogP contribution in [0.4, 0.5) is 4.79 Å². The van der Waals surface area contributed by atoms with Crippen molar-refractivity contribution < 1.29 is 9.59 Å². The van der Waals surface area contributed by atoms with E-state index in [0.717, 1.165) is 25.1 Å². The lowest BCUT2D eigenvalue weighted by Gasteiger charge is -2.05. The molecule has 1 fully saturated rings. The van der Waals surface area contributed by atoms with Crippen molar-refractivity contribution in [1.82, 2.24) is 30.9 Å². The highest BCUT2D eigenvalue weighted by Gasteiger charge is 2.23. The topological polar surface area (TPSA) is 101 Å². The summed E-state index contributed by atoms with van der Waals surface area (Å²) in [4.78, 5) is 23.1. The average molecular weight is 294 g/mol. The lowest BCUT2D eigenvalue weighted by Crippen LogP contribution is -2.41. The minimum absolute atomic E-state index is 0.0186. The molecule has 1 aliphatic rings. The number of imide groups is 1. The SMILES string of the molecule is CC(C)CNCc1cn(CC(=O)NC(=O)NC2CC2)nn1. The van der Waals surface area contributed by atoms with Crippen molar-refractivity contribution in [3.63, 3.8) is 0 Å². The summed E-state index contributed by atoms with van der Waals surface area (Å²) in [5.74, 6) is 0.163. The molecule has 1 heterocycles. The number of rotatable bonds is 7. The van der Waals surface area contributed by atoms with E-state index < -0.39 is 11.9 Å². The van der Waals surface area contributed by atoms with E-state index in [4.69, 9.17) is 0 Å². The minimum atomic E-state index is -0.443. The fourth-order valence-corrected chi connectivity index (χ4v) is 1.75. The Hall–Kier alpha value is -1.96. The van der Waals surface area contributed by atoms with Gasteiger partial charge in [0.25, 0.3) is 0 Å². The molecule has 0 spiro atoms. The van der Waals surface area contributed by atoms with Crippen molar-refractivity contribution in [2.75, 3.05) is 6.54 Å². The molecule has 8 heteroatoms. The summed E-state index contributed by atoms with van der Waals surface area (Å²) in [6, 6.07) is -0.218. The van der Waals surface area contributed by atoms with Crippen LogP contribution in [0.2, 0.25) is 0 Å². The zero-order chi connectivity index (χ0) is 15.2. The van der Waals surface area contributed by atoms with Crippen LogP contribution >= 0.6 is 0 Å². The highest BCUT2D eigenvalue weighted by atomic mass is 16.2. The van der Waals surface area contributed by atoms with E-state index in [1.54, 1.807) is 6.20 Å². The molecule has 3 amide bonds. The number of hydrogen-bond acceptors (Lipinski definition) is 5. The summed E-state index contributed by atoms with van der Waals surface area (Å²) in [6.45, 7) is 5.74. The van der Waals surface area contributed by atoms with E-state index >= 15 is 0 Å². The Labute approximate surface area is 123 Å². The first-order valence-electron chi connectivity index (χ1n) is 7.23. The van der Waals surface area contributed by atoms with Crippen molar-refractivity contribution in [3.8, 4) is 0 Å². The largest absolute Gasteiger partial charge is 0.335 e. The van der Waals surface area contributed by atoms with Gasteiger partial charge < -0.3 is 10.6 Å². The van der Waals surface area contributed by atoms with Crippen LogP contribution in [0.25, 0.3) is 0 Å². The number of amides is 3. The van der Waals surface area contributed by atoms with Gasteiger partial charge in [0, 0.05) is 12.6 Å². The summed E-state index contributed by atoms with van der Waals surface area (Å²) >= 11 is 0. The van der Waals surface area contributed by atoms with Crippen LogP contribution in [0.15, 0.2) is 6.20 Å². The van der Waals surface area contributed by atoms with E-state index in [-0.39, 0.29) is 12.6 Å². The lowest BCUT2D eigenvalue weighted by atomic mass is 10.2. The molecule has 3 N–H and O–H groups in total. The molecular formula is C13H22N6O2. The van der Waals surface area contributed by atoms with Crippen LogP contribution in [0.5, 0.6) is 0 Å². The molecule has 21 heavy (non-hydrogen) atoms. The summed E-state index contributed by atoms with van der Waals surface area (Å²) in [5.41, 5.74) is 0.769. The summed E-state index contributed by atoms with van der Waals surface area (Å²) in [6.07, 6.45) is 3.67. The third kappa shape index (κ3) is 5.90. The predicted octanol–water partition coefficient (Wildman–Crippen LogP) is 0.0119. The van der Waals surface area contributed by atoms with Crippen molar-refractivity contribution in [1.29, 1.82) is 0 Å². The first-order chi connectivity index (χ1) is 10.0. The molecule has 0 aromatic carbocycles. The number of nitrogens with zero attached hydrogens (tertiary/aromatic N) is 3. The van der Waals surface area contributed by atoms with Gasteiger partial charge in [0.05, 0.1) is 11.9 Å². The van der Waals surface area contributed by atoms with Crippen LogP contribution in [0, 0.1) is 5.92 Å². The maximum absolute atomic E-state index is 11.7. The van der Waals surface area contributed by atoms with Gasteiger partial charge in [0.2, 0.25) is 5.91 Å². The number of hydrogen-bond donors (Lipinski definition) is 3. The van der Waals surface area contributed by atoms with Crippen LogP contribution in [-0.2, 0) is 17.9 Å².